The molecule has 0 unspecified atom stereocenters. The maximum Gasteiger partial charge on any atom is 0.402 e. The largest absolute Gasteiger partial charge is 0.402 e. The first-order valence-corrected chi connectivity index (χ1v) is 6.21. The summed E-state index contributed by atoms with van der Waals surface area (Å²) in [6, 6.07) is 0. The van der Waals surface area contributed by atoms with Gasteiger partial charge in [-0.25, -0.2) is 0 Å². The Kier molecular flexibility index (Phi) is 4.05. The number of rotatable bonds is 5. The number of amidine groups is 1. The van der Waals surface area contributed by atoms with Gasteiger partial charge in [0.1, 0.15) is 18.2 Å². The molecule has 1 rings (SSSR count). The van der Waals surface area contributed by atoms with Crippen molar-refractivity contribution >= 4 is 21.9 Å². The smallest absolute Gasteiger partial charge is 0.384 e. The molecular formula is C7H11F3N6O2S. The zero-order chi connectivity index (χ0) is 14.8. The van der Waals surface area contributed by atoms with Gasteiger partial charge in [0.25, 0.3) is 0 Å². The number of anilines is 1. The quantitative estimate of drug-likeness (QED) is 0.432. The molecule has 108 valence electrons. The van der Waals surface area contributed by atoms with Gasteiger partial charge in [-0.05, 0) is 0 Å². The molecule has 12 heteroatoms. The maximum atomic E-state index is 11.9. The summed E-state index contributed by atoms with van der Waals surface area (Å²) in [4.78, 5) is 0. The van der Waals surface area contributed by atoms with Crippen LogP contribution in [0, 0.1) is 5.41 Å². The standard InChI is InChI=1S/C7H11F3N6O2S/c1-16-6(4(2-13-16)5(11)12)15-19(17,18)14-3-7(8,9)10/h2,14-15H,3H2,1H3,(H3,11,12). The Morgan fingerprint density at radius 3 is 2.63 bits per heavy atom. The topological polar surface area (TPSA) is 126 Å². The van der Waals surface area contributed by atoms with E-state index < -0.39 is 28.8 Å². The van der Waals surface area contributed by atoms with Gasteiger partial charge >= 0.3 is 16.4 Å². The lowest BCUT2D eigenvalue weighted by atomic mass is 10.3. The Bertz CT molecular complexity index is 578. The van der Waals surface area contributed by atoms with E-state index in [1.54, 1.807) is 0 Å². The first-order chi connectivity index (χ1) is 8.52. The number of hydrogen-bond donors (Lipinski definition) is 4. The summed E-state index contributed by atoms with van der Waals surface area (Å²) in [6.45, 7) is -1.71. The second kappa shape index (κ2) is 5.05. The van der Waals surface area contributed by atoms with Crippen molar-refractivity contribution in [2.24, 2.45) is 12.8 Å². The monoisotopic (exact) mass is 300 g/mol. The van der Waals surface area contributed by atoms with E-state index in [4.69, 9.17) is 11.1 Å². The molecule has 1 aromatic heterocycles. The van der Waals surface area contributed by atoms with Crippen molar-refractivity contribution in [2.45, 2.75) is 6.18 Å². The van der Waals surface area contributed by atoms with E-state index in [-0.39, 0.29) is 11.4 Å². The van der Waals surface area contributed by atoms with Crippen LogP contribution in [0.3, 0.4) is 0 Å². The molecule has 0 atom stereocenters. The van der Waals surface area contributed by atoms with Crippen molar-refractivity contribution < 1.29 is 21.6 Å². The van der Waals surface area contributed by atoms with Crippen LogP contribution in [0.4, 0.5) is 19.0 Å². The van der Waals surface area contributed by atoms with E-state index in [1.807, 2.05) is 4.72 Å². The molecule has 0 aromatic carbocycles. The zero-order valence-corrected chi connectivity index (χ0v) is 10.4. The molecule has 0 aliphatic heterocycles. The van der Waals surface area contributed by atoms with Crippen LogP contribution in [0.2, 0.25) is 0 Å². The van der Waals surface area contributed by atoms with Crippen LogP contribution >= 0.6 is 0 Å². The third-order valence-corrected chi connectivity index (χ3v) is 2.91. The summed E-state index contributed by atoms with van der Waals surface area (Å²) in [6.07, 6.45) is -3.56. The van der Waals surface area contributed by atoms with Gasteiger partial charge < -0.3 is 5.73 Å². The molecule has 19 heavy (non-hydrogen) atoms. The van der Waals surface area contributed by atoms with E-state index in [1.165, 1.54) is 11.8 Å². The fraction of sp³-hybridized carbons (Fsp3) is 0.429. The van der Waals surface area contributed by atoms with Crippen molar-refractivity contribution in [3.63, 3.8) is 0 Å². The normalized spacial score (nSPS) is 12.4. The van der Waals surface area contributed by atoms with Crippen LogP contribution in [-0.2, 0) is 17.3 Å². The van der Waals surface area contributed by atoms with E-state index in [0.717, 1.165) is 10.9 Å². The number of alkyl halides is 3. The highest BCUT2D eigenvalue weighted by atomic mass is 32.2. The molecule has 1 heterocycles. The summed E-state index contributed by atoms with van der Waals surface area (Å²) in [5.74, 6) is -0.677. The van der Waals surface area contributed by atoms with Gasteiger partial charge in [0.05, 0.1) is 11.8 Å². The molecule has 0 saturated carbocycles. The number of nitrogens with one attached hydrogen (secondary N) is 3. The van der Waals surface area contributed by atoms with Gasteiger partial charge in [0, 0.05) is 7.05 Å². The highest BCUT2D eigenvalue weighted by Gasteiger charge is 2.30. The number of hydrogen-bond acceptors (Lipinski definition) is 4. The summed E-state index contributed by atoms with van der Waals surface area (Å²) in [5, 5.41) is 10.8. The van der Waals surface area contributed by atoms with Gasteiger partial charge in [0.15, 0.2) is 0 Å². The molecule has 0 saturated heterocycles. The second-order valence-electron chi connectivity index (χ2n) is 3.49. The molecular weight excluding hydrogens is 289 g/mol. The lowest BCUT2D eigenvalue weighted by Gasteiger charge is -2.12. The number of nitrogens with two attached hydrogens (primary N) is 1. The molecule has 0 spiro atoms. The zero-order valence-electron chi connectivity index (χ0n) is 9.61. The van der Waals surface area contributed by atoms with Gasteiger partial charge in [-0.15, -0.1) is 0 Å². The Hall–Kier alpha value is -1.82. The minimum atomic E-state index is -4.68. The Morgan fingerprint density at radius 1 is 1.58 bits per heavy atom. The number of nitrogens with zero attached hydrogens (tertiary/aromatic N) is 2. The lowest BCUT2D eigenvalue weighted by Crippen LogP contribution is -2.38. The lowest BCUT2D eigenvalue weighted by molar-refractivity contribution is -0.121. The van der Waals surface area contributed by atoms with Crippen LogP contribution in [0.1, 0.15) is 5.56 Å². The SMILES string of the molecule is Cn1ncc(C(=N)N)c1NS(=O)(=O)NCC(F)(F)F. The van der Waals surface area contributed by atoms with Gasteiger partial charge in [0.2, 0.25) is 0 Å². The Morgan fingerprint density at radius 2 is 2.16 bits per heavy atom. The van der Waals surface area contributed by atoms with Crippen LogP contribution in [0.25, 0.3) is 0 Å². The van der Waals surface area contributed by atoms with E-state index in [9.17, 15) is 21.6 Å². The number of nitrogen functional groups attached to an aromatic ring is 1. The number of aromatic nitrogens is 2. The summed E-state index contributed by atoms with van der Waals surface area (Å²) >= 11 is 0. The molecule has 0 aliphatic rings. The molecule has 0 amide bonds. The fourth-order valence-corrected chi connectivity index (χ4v) is 2.02. The fourth-order valence-electron chi connectivity index (χ4n) is 1.10. The second-order valence-corrected chi connectivity index (χ2v) is 4.99. The van der Waals surface area contributed by atoms with E-state index in [2.05, 4.69) is 5.10 Å². The predicted octanol–water partition coefficient (Wildman–Crippen LogP) is -0.487. The third-order valence-electron chi connectivity index (χ3n) is 1.92. The minimum absolute atomic E-state index is 0.0418. The van der Waals surface area contributed by atoms with Crippen LogP contribution in [-0.4, -0.2) is 36.8 Å². The van der Waals surface area contributed by atoms with Gasteiger partial charge in [-0.1, -0.05) is 0 Å². The predicted molar refractivity (Wildman–Crippen MR) is 60.8 cm³/mol. The minimum Gasteiger partial charge on any atom is -0.384 e. The molecule has 5 N–H and O–H groups in total. The first kappa shape index (κ1) is 15.2. The van der Waals surface area contributed by atoms with E-state index in [0.29, 0.717) is 0 Å². The van der Waals surface area contributed by atoms with Crippen LogP contribution in [0.5, 0.6) is 0 Å². The highest BCUT2D eigenvalue weighted by molar-refractivity contribution is 7.90. The molecule has 0 aliphatic carbocycles. The molecule has 0 fully saturated rings. The Labute approximate surface area is 106 Å². The van der Waals surface area contributed by atoms with Crippen LogP contribution in [0.15, 0.2) is 6.20 Å². The van der Waals surface area contributed by atoms with Gasteiger partial charge in [-0.3, -0.25) is 14.8 Å². The Balaban J connectivity index is 2.90. The molecule has 0 bridgehead atoms. The summed E-state index contributed by atoms with van der Waals surface area (Å²) in [5.41, 5.74) is 5.14. The average Bonchev–Trinajstić information content (AvgIpc) is 2.57. The van der Waals surface area contributed by atoms with Crippen LogP contribution < -0.4 is 15.2 Å². The van der Waals surface area contributed by atoms with Crippen molar-refractivity contribution in [3.05, 3.63) is 11.8 Å². The molecule has 8 nitrogen and oxygen atoms in total. The van der Waals surface area contributed by atoms with Crippen molar-refractivity contribution in [3.8, 4) is 0 Å². The van der Waals surface area contributed by atoms with Crippen molar-refractivity contribution in [1.29, 1.82) is 5.41 Å². The third kappa shape index (κ3) is 4.40. The average molecular weight is 300 g/mol. The number of aryl methyl sites for hydroxylation is 1. The first-order valence-electron chi connectivity index (χ1n) is 4.72. The maximum absolute atomic E-state index is 11.9. The highest BCUT2D eigenvalue weighted by Crippen LogP contribution is 2.16. The number of halogens is 3. The molecule has 0 radical (unpaired) electrons. The van der Waals surface area contributed by atoms with Crippen molar-refractivity contribution in [2.75, 3.05) is 11.3 Å². The molecule has 1 aromatic rings. The summed E-state index contributed by atoms with van der Waals surface area (Å²) in [7, 11) is -3.11. The van der Waals surface area contributed by atoms with E-state index >= 15 is 0 Å². The van der Waals surface area contributed by atoms with Crippen molar-refractivity contribution in [1.82, 2.24) is 14.5 Å². The summed E-state index contributed by atoms with van der Waals surface area (Å²) < 4.78 is 62.7. The van der Waals surface area contributed by atoms with Gasteiger partial charge in [-0.2, -0.15) is 31.4 Å².